The minimum atomic E-state index is 0.732. The number of hydrogen-bond donors (Lipinski definition) is 1. The molecule has 2 heteroatoms. The third-order valence-corrected chi connectivity index (χ3v) is 2.74. The quantitative estimate of drug-likeness (QED) is 0.811. The molecule has 17 heavy (non-hydrogen) atoms. The van der Waals surface area contributed by atoms with Gasteiger partial charge in [0.1, 0.15) is 0 Å². The molecule has 0 atom stereocenters. The zero-order valence-corrected chi connectivity index (χ0v) is 9.81. The Kier molecular flexibility index (Phi) is 3.68. The van der Waals surface area contributed by atoms with E-state index in [0.29, 0.717) is 0 Å². The lowest BCUT2D eigenvalue weighted by atomic mass is 9.99. The summed E-state index contributed by atoms with van der Waals surface area (Å²) in [5, 5.41) is 5.32. The van der Waals surface area contributed by atoms with Gasteiger partial charge < -0.3 is 5.32 Å². The van der Waals surface area contributed by atoms with Gasteiger partial charge in [-0.2, -0.15) is 0 Å². The van der Waals surface area contributed by atoms with Crippen LogP contribution >= 0.6 is 0 Å². The number of likely N-dealkylation sites (N-methyl/N-ethyl adjacent to an activating group) is 1. The number of fused-ring (bicyclic) bond motifs is 1. The Morgan fingerprint density at radius 3 is 2.76 bits per heavy atom. The van der Waals surface area contributed by atoms with E-state index < -0.39 is 0 Å². The summed E-state index contributed by atoms with van der Waals surface area (Å²) in [5.74, 6) is 0. The van der Waals surface area contributed by atoms with Crippen LogP contribution < -0.4 is 5.32 Å². The summed E-state index contributed by atoms with van der Waals surface area (Å²) >= 11 is 0. The van der Waals surface area contributed by atoms with Crippen molar-refractivity contribution < 1.29 is 4.79 Å². The van der Waals surface area contributed by atoms with E-state index >= 15 is 0 Å². The standard InChI is InChI=1S/C15H15NO/c1-16-10-4-7-15-13(11-17)9-8-12-5-2-3-6-14(12)15/h2-9,11,16H,10H2,1H3. The highest BCUT2D eigenvalue weighted by Crippen LogP contribution is 2.22. The average molecular weight is 225 g/mol. The Balaban J connectivity index is 2.58. The van der Waals surface area contributed by atoms with Gasteiger partial charge in [-0.1, -0.05) is 48.6 Å². The first kappa shape index (κ1) is 11.6. The highest BCUT2D eigenvalue weighted by Gasteiger charge is 2.03. The Labute approximate surface area is 101 Å². The monoisotopic (exact) mass is 225 g/mol. The first-order valence-corrected chi connectivity index (χ1v) is 5.65. The third-order valence-electron chi connectivity index (χ3n) is 2.74. The lowest BCUT2D eigenvalue weighted by Crippen LogP contribution is -2.03. The van der Waals surface area contributed by atoms with E-state index in [0.717, 1.165) is 34.7 Å². The SMILES string of the molecule is CNCC=Cc1c(C=O)ccc2ccccc12. The lowest BCUT2D eigenvalue weighted by Gasteiger charge is -2.05. The van der Waals surface area contributed by atoms with Crippen LogP contribution in [0.25, 0.3) is 16.8 Å². The fraction of sp³-hybridized carbons (Fsp3) is 0.133. The van der Waals surface area contributed by atoms with Gasteiger partial charge in [0.2, 0.25) is 0 Å². The van der Waals surface area contributed by atoms with Gasteiger partial charge in [-0.3, -0.25) is 4.79 Å². The molecule has 0 radical (unpaired) electrons. The van der Waals surface area contributed by atoms with E-state index in [-0.39, 0.29) is 0 Å². The van der Waals surface area contributed by atoms with Crippen LogP contribution in [0.4, 0.5) is 0 Å². The molecule has 0 aliphatic rings. The normalized spacial score (nSPS) is 11.1. The van der Waals surface area contributed by atoms with Crippen molar-refractivity contribution in [2.24, 2.45) is 0 Å². The first-order valence-electron chi connectivity index (χ1n) is 5.65. The van der Waals surface area contributed by atoms with Crippen molar-refractivity contribution in [1.82, 2.24) is 5.32 Å². The van der Waals surface area contributed by atoms with E-state index in [1.807, 2.05) is 49.5 Å². The van der Waals surface area contributed by atoms with Crippen LogP contribution in [-0.2, 0) is 0 Å². The Bertz CT molecular complexity index is 558. The first-order chi connectivity index (χ1) is 8.36. The summed E-state index contributed by atoms with van der Waals surface area (Å²) < 4.78 is 0. The van der Waals surface area contributed by atoms with Gasteiger partial charge in [-0.05, 0) is 23.4 Å². The molecule has 0 saturated heterocycles. The molecule has 2 rings (SSSR count). The van der Waals surface area contributed by atoms with Gasteiger partial charge in [0.05, 0.1) is 0 Å². The highest BCUT2D eigenvalue weighted by molar-refractivity contribution is 5.98. The molecule has 0 spiro atoms. The molecule has 2 nitrogen and oxygen atoms in total. The number of hydrogen-bond acceptors (Lipinski definition) is 2. The Morgan fingerprint density at radius 1 is 1.18 bits per heavy atom. The van der Waals surface area contributed by atoms with E-state index in [9.17, 15) is 4.79 Å². The van der Waals surface area contributed by atoms with Crippen molar-refractivity contribution in [3.05, 3.63) is 53.6 Å². The number of aldehydes is 1. The molecule has 0 aromatic heterocycles. The number of carbonyl (C=O) groups excluding carboxylic acids is 1. The number of benzene rings is 2. The van der Waals surface area contributed by atoms with Gasteiger partial charge in [-0.15, -0.1) is 0 Å². The van der Waals surface area contributed by atoms with Crippen molar-refractivity contribution >= 4 is 23.1 Å². The molecule has 1 N–H and O–H groups in total. The summed E-state index contributed by atoms with van der Waals surface area (Å²) in [6.45, 7) is 0.793. The summed E-state index contributed by atoms with van der Waals surface area (Å²) in [4.78, 5) is 11.1. The topological polar surface area (TPSA) is 29.1 Å². The molecule has 0 unspecified atom stereocenters. The molecule has 0 saturated carbocycles. The maximum absolute atomic E-state index is 11.1. The van der Waals surface area contributed by atoms with E-state index in [1.54, 1.807) is 0 Å². The summed E-state index contributed by atoms with van der Waals surface area (Å²) in [5.41, 5.74) is 1.73. The minimum absolute atomic E-state index is 0.732. The summed E-state index contributed by atoms with van der Waals surface area (Å²) in [7, 11) is 1.90. The predicted octanol–water partition coefficient (Wildman–Crippen LogP) is 2.88. The molecule has 0 amide bonds. The van der Waals surface area contributed by atoms with Crippen LogP contribution in [0, 0.1) is 0 Å². The largest absolute Gasteiger partial charge is 0.316 e. The van der Waals surface area contributed by atoms with Crippen LogP contribution in [-0.4, -0.2) is 19.9 Å². The van der Waals surface area contributed by atoms with Gasteiger partial charge in [0.15, 0.2) is 6.29 Å². The van der Waals surface area contributed by atoms with Crippen molar-refractivity contribution in [2.75, 3.05) is 13.6 Å². The Morgan fingerprint density at radius 2 is 2.00 bits per heavy atom. The zero-order valence-electron chi connectivity index (χ0n) is 9.81. The lowest BCUT2D eigenvalue weighted by molar-refractivity contribution is 0.112. The molecule has 0 fully saturated rings. The maximum atomic E-state index is 11.1. The van der Waals surface area contributed by atoms with Gasteiger partial charge in [0.25, 0.3) is 0 Å². The van der Waals surface area contributed by atoms with E-state index in [2.05, 4.69) is 11.4 Å². The highest BCUT2D eigenvalue weighted by atomic mass is 16.1. The molecular weight excluding hydrogens is 210 g/mol. The predicted molar refractivity (Wildman–Crippen MR) is 72.3 cm³/mol. The van der Waals surface area contributed by atoms with Crippen molar-refractivity contribution in [3.63, 3.8) is 0 Å². The third kappa shape index (κ3) is 2.43. The van der Waals surface area contributed by atoms with Crippen LogP contribution in [0.5, 0.6) is 0 Å². The second-order valence-corrected chi connectivity index (χ2v) is 3.87. The number of nitrogens with one attached hydrogen (secondary N) is 1. The summed E-state index contributed by atoms with van der Waals surface area (Å²) in [6, 6.07) is 11.9. The number of rotatable bonds is 4. The van der Waals surface area contributed by atoms with Crippen LogP contribution in [0.2, 0.25) is 0 Å². The number of carbonyl (C=O) groups is 1. The molecule has 0 heterocycles. The average Bonchev–Trinajstić information content (AvgIpc) is 2.39. The summed E-state index contributed by atoms with van der Waals surface area (Å²) in [6.07, 6.45) is 4.93. The van der Waals surface area contributed by atoms with Crippen molar-refractivity contribution in [2.45, 2.75) is 0 Å². The molecule has 86 valence electrons. The van der Waals surface area contributed by atoms with Crippen molar-refractivity contribution in [3.8, 4) is 0 Å². The van der Waals surface area contributed by atoms with E-state index in [4.69, 9.17) is 0 Å². The van der Waals surface area contributed by atoms with Crippen LogP contribution in [0.1, 0.15) is 15.9 Å². The minimum Gasteiger partial charge on any atom is -0.316 e. The molecule has 0 aliphatic carbocycles. The van der Waals surface area contributed by atoms with Gasteiger partial charge >= 0.3 is 0 Å². The van der Waals surface area contributed by atoms with Gasteiger partial charge in [0, 0.05) is 12.1 Å². The fourth-order valence-corrected chi connectivity index (χ4v) is 1.90. The van der Waals surface area contributed by atoms with E-state index in [1.165, 1.54) is 0 Å². The molecule has 0 aliphatic heterocycles. The zero-order chi connectivity index (χ0) is 12.1. The van der Waals surface area contributed by atoms with Gasteiger partial charge in [-0.25, -0.2) is 0 Å². The van der Waals surface area contributed by atoms with Crippen molar-refractivity contribution in [1.29, 1.82) is 0 Å². The van der Waals surface area contributed by atoms with Crippen LogP contribution in [0.3, 0.4) is 0 Å². The molecule has 2 aromatic carbocycles. The molecule has 0 bridgehead atoms. The van der Waals surface area contributed by atoms with Crippen LogP contribution in [0.15, 0.2) is 42.5 Å². The fourth-order valence-electron chi connectivity index (χ4n) is 1.90. The maximum Gasteiger partial charge on any atom is 0.150 e. The molecule has 2 aromatic rings. The second-order valence-electron chi connectivity index (χ2n) is 3.87. The molecular formula is C15H15NO. The Hall–Kier alpha value is -1.93. The second kappa shape index (κ2) is 5.41. The smallest absolute Gasteiger partial charge is 0.150 e.